The Morgan fingerprint density at radius 3 is 2.52 bits per heavy atom. The molecule has 1 aliphatic carbocycles. The Morgan fingerprint density at radius 2 is 1.93 bits per heavy atom. The topological polar surface area (TPSA) is 86.7 Å². The Kier molecular flexibility index (Phi) is 5.12. The van der Waals surface area contributed by atoms with Gasteiger partial charge in [-0.1, -0.05) is 18.2 Å². The van der Waals surface area contributed by atoms with Gasteiger partial charge in [-0.2, -0.15) is 13.2 Å². The van der Waals surface area contributed by atoms with Crippen molar-refractivity contribution in [2.75, 3.05) is 13.1 Å². The molecule has 1 saturated heterocycles. The maximum absolute atomic E-state index is 13.2. The van der Waals surface area contributed by atoms with Crippen molar-refractivity contribution < 1.29 is 32.7 Å². The first-order chi connectivity index (χ1) is 12.7. The van der Waals surface area contributed by atoms with Crippen molar-refractivity contribution in [3.63, 3.8) is 0 Å². The molecule has 0 unspecified atom stereocenters. The molecular weight excluding hydrogens is 365 g/mol. The summed E-state index contributed by atoms with van der Waals surface area (Å²) in [4.78, 5) is 37.6. The van der Waals surface area contributed by atoms with Gasteiger partial charge in [-0.25, -0.2) is 4.79 Å². The van der Waals surface area contributed by atoms with Gasteiger partial charge in [-0.3, -0.25) is 9.59 Å². The third-order valence-electron chi connectivity index (χ3n) is 4.87. The summed E-state index contributed by atoms with van der Waals surface area (Å²) in [5, 5.41) is 11.6. The van der Waals surface area contributed by atoms with Gasteiger partial charge in [0.15, 0.2) is 6.04 Å². The molecule has 0 bridgehead atoms. The molecule has 27 heavy (non-hydrogen) atoms. The molecule has 1 heterocycles. The van der Waals surface area contributed by atoms with Crippen LogP contribution in [0.15, 0.2) is 24.3 Å². The molecule has 0 radical (unpaired) electrons. The van der Waals surface area contributed by atoms with Gasteiger partial charge in [0.1, 0.15) is 0 Å². The second-order valence-corrected chi connectivity index (χ2v) is 7.01. The third kappa shape index (κ3) is 4.40. The van der Waals surface area contributed by atoms with E-state index >= 15 is 0 Å². The van der Waals surface area contributed by atoms with Crippen molar-refractivity contribution in [3.05, 3.63) is 35.4 Å². The molecule has 9 heteroatoms. The van der Waals surface area contributed by atoms with Gasteiger partial charge in [-0.15, -0.1) is 0 Å². The zero-order valence-electron chi connectivity index (χ0n) is 14.3. The van der Waals surface area contributed by atoms with Crippen LogP contribution in [0.1, 0.15) is 36.4 Å². The molecule has 2 aliphatic rings. The number of likely N-dealkylation sites (tertiary alicyclic amines) is 1. The molecule has 2 atom stereocenters. The lowest BCUT2D eigenvalue weighted by Crippen LogP contribution is -2.39. The number of amides is 2. The number of nitrogens with zero attached hydrogens (tertiary/aromatic N) is 1. The lowest BCUT2D eigenvalue weighted by atomic mass is 9.98. The van der Waals surface area contributed by atoms with E-state index in [0.717, 1.165) is 31.0 Å². The van der Waals surface area contributed by atoms with Crippen LogP contribution in [0.3, 0.4) is 0 Å². The van der Waals surface area contributed by atoms with Crippen molar-refractivity contribution in [1.29, 1.82) is 0 Å². The molecule has 1 aromatic rings. The number of benzene rings is 1. The summed E-state index contributed by atoms with van der Waals surface area (Å²) < 4.78 is 39.6. The molecule has 2 fully saturated rings. The van der Waals surface area contributed by atoms with Crippen LogP contribution in [-0.2, 0) is 20.6 Å². The number of hydrogen-bond acceptors (Lipinski definition) is 3. The van der Waals surface area contributed by atoms with Gasteiger partial charge in [0.25, 0.3) is 0 Å². The molecule has 1 aliphatic heterocycles. The van der Waals surface area contributed by atoms with Crippen molar-refractivity contribution >= 4 is 17.8 Å². The van der Waals surface area contributed by atoms with Crippen molar-refractivity contribution in [2.24, 2.45) is 11.8 Å². The Balaban J connectivity index is 1.75. The average molecular weight is 384 g/mol. The molecule has 1 aromatic carbocycles. The van der Waals surface area contributed by atoms with Crippen LogP contribution in [0.5, 0.6) is 0 Å². The number of nitrogens with one attached hydrogen (secondary N) is 1. The van der Waals surface area contributed by atoms with Gasteiger partial charge in [-0.05, 0) is 30.4 Å². The highest BCUT2D eigenvalue weighted by Crippen LogP contribution is 2.35. The standard InChI is InChI=1S/C18H19F3N2O4/c19-18(20,21)13-4-2-1-3-12(13)15(17(26)27)22-16(25)11-7-14(24)23(9-11)8-10-5-6-10/h1-4,10-11,15H,5-9H2,(H,22,25)(H,26,27)/t11-,15+/m0/s1. The molecule has 146 valence electrons. The number of hydrogen-bond donors (Lipinski definition) is 2. The summed E-state index contributed by atoms with van der Waals surface area (Å²) in [6.07, 6.45) is -2.74. The number of carbonyl (C=O) groups is 3. The maximum Gasteiger partial charge on any atom is 0.416 e. The summed E-state index contributed by atoms with van der Waals surface area (Å²) in [6.45, 7) is 0.732. The van der Waals surface area contributed by atoms with Crippen LogP contribution in [0.2, 0.25) is 0 Å². The number of carbonyl (C=O) groups excluding carboxylic acids is 2. The zero-order valence-corrected chi connectivity index (χ0v) is 14.3. The van der Waals surface area contributed by atoms with Crippen molar-refractivity contribution in [3.8, 4) is 0 Å². The number of aliphatic carboxylic acids is 1. The van der Waals surface area contributed by atoms with E-state index in [1.54, 1.807) is 4.90 Å². The van der Waals surface area contributed by atoms with Crippen molar-refractivity contribution in [1.82, 2.24) is 10.2 Å². The van der Waals surface area contributed by atoms with E-state index in [9.17, 15) is 32.7 Å². The van der Waals surface area contributed by atoms with E-state index in [2.05, 4.69) is 5.32 Å². The number of alkyl halides is 3. The Labute approximate surface area is 153 Å². The molecule has 0 aromatic heterocycles. The summed E-state index contributed by atoms with van der Waals surface area (Å²) >= 11 is 0. The van der Waals surface area contributed by atoms with E-state index in [4.69, 9.17) is 0 Å². The Bertz CT molecular complexity index is 761. The number of rotatable bonds is 6. The highest BCUT2D eigenvalue weighted by atomic mass is 19.4. The summed E-state index contributed by atoms with van der Waals surface area (Å²) in [7, 11) is 0. The molecule has 1 saturated carbocycles. The minimum atomic E-state index is -4.75. The van der Waals surface area contributed by atoms with Crippen molar-refractivity contribution in [2.45, 2.75) is 31.5 Å². The SMILES string of the molecule is O=C(N[C@@H](C(=O)O)c1ccccc1C(F)(F)F)[C@H]1CC(=O)N(CC2CC2)C1. The number of halogens is 3. The fourth-order valence-electron chi connectivity index (χ4n) is 3.28. The summed E-state index contributed by atoms with van der Waals surface area (Å²) in [5.74, 6) is -2.84. The maximum atomic E-state index is 13.2. The normalized spacial score (nSPS) is 21.2. The lowest BCUT2D eigenvalue weighted by Gasteiger charge is -2.21. The van der Waals surface area contributed by atoms with Crippen LogP contribution in [0.4, 0.5) is 13.2 Å². The quantitative estimate of drug-likeness (QED) is 0.787. The van der Waals surface area contributed by atoms with E-state index in [0.29, 0.717) is 12.5 Å². The highest BCUT2D eigenvalue weighted by Gasteiger charge is 2.40. The van der Waals surface area contributed by atoms with E-state index < -0.39 is 41.1 Å². The predicted octanol–water partition coefficient (Wildman–Crippen LogP) is 2.21. The molecule has 2 N–H and O–H groups in total. The fraction of sp³-hybridized carbons (Fsp3) is 0.500. The highest BCUT2D eigenvalue weighted by molar-refractivity contribution is 5.91. The number of carboxylic acid groups (broad SMARTS) is 1. The first kappa shape index (κ1) is 19.2. The van der Waals surface area contributed by atoms with Gasteiger partial charge >= 0.3 is 12.1 Å². The smallest absolute Gasteiger partial charge is 0.416 e. The lowest BCUT2D eigenvalue weighted by molar-refractivity contribution is -0.144. The van der Waals surface area contributed by atoms with Crippen LogP contribution in [0.25, 0.3) is 0 Å². The second-order valence-electron chi connectivity index (χ2n) is 7.01. The number of carboxylic acids is 1. The monoisotopic (exact) mass is 384 g/mol. The molecule has 0 spiro atoms. The molecule has 6 nitrogen and oxygen atoms in total. The van der Waals surface area contributed by atoms with Crippen LogP contribution < -0.4 is 5.32 Å². The minimum absolute atomic E-state index is 0.0637. The van der Waals surface area contributed by atoms with Crippen LogP contribution in [0, 0.1) is 11.8 Å². The second kappa shape index (κ2) is 7.21. The summed E-state index contributed by atoms with van der Waals surface area (Å²) in [6, 6.07) is 2.39. The predicted molar refractivity (Wildman–Crippen MR) is 87.4 cm³/mol. The molecule has 2 amide bonds. The molecule has 3 rings (SSSR count). The zero-order chi connectivity index (χ0) is 19.8. The Morgan fingerprint density at radius 1 is 1.26 bits per heavy atom. The largest absolute Gasteiger partial charge is 0.479 e. The van der Waals surface area contributed by atoms with Gasteiger partial charge in [0.2, 0.25) is 11.8 Å². The fourth-order valence-corrected chi connectivity index (χ4v) is 3.28. The van der Waals surface area contributed by atoms with E-state index in [-0.39, 0.29) is 18.9 Å². The van der Waals surface area contributed by atoms with Gasteiger partial charge in [0, 0.05) is 19.5 Å². The van der Waals surface area contributed by atoms with E-state index in [1.807, 2.05) is 0 Å². The Hall–Kier alpha value is -2.58. The molecular formula is C18H19F3N2O4. The van der Waals surface area contributed by atoms with Crippen LogP contribution >= 0.6 is 0 Å². The minimum Gasteiger partial charge on any atom is -0.479 e. The summed E-state index contributed by atoms with van der Waals surface area (Å²) in [5.41, 5.74) is -1.65. The third-order valence-corrected chi connectivity index (χ3v) is 4.87. The average Bonchev–Trinajstić information content (AvgIpc) is 3.33. The first-order valence-corrected chi connectivity index (χ1v) is 8.64. The first-order valence-electron chi connectivity index (χ1n) is 8.64. The van der Waals surface area contributed by atoms with Gasteiger partial charge in [0.05, 0.1) is 11.5 Å². The van der Waals surface area contributed by atoms with Gasteiger partial charge < -0.3 is 15.3 Å². The van der Waals surface area contributed by atoms with Crippen LogP contribution in [-0.4, -0.2) is 40.9 Å². The van der Waals surface area contributed by atoms with E-state index in [1.165, 1.54) is 6.07 Å².